The van der Waals surface area contributed by atoms with Crippen LogP contribution in [0.2, 0.25) is 10.0 Å². The third kappa shape index (κ3) is 6.25. The Hall–Kier alpha value is -2.06. The number of halogens is 3. The summed E-state index contributed by atoms with van der Waals surface area (Å²) in [5.41, 5.74) is 6.36. The van der Waals surface area contributed by atoms with Crippen molar-refractivity contribution in [3.63, 3.8) is 0 Å². The number of carbonyl (C=O) groups excluding carboxylic acids is 2. The van der Waals surface area contributed by atoms with E-state index in [-0.39, 0.29) is 33.1 Å². The maximum atomic E-state index is 12.3. The van der Waals surface area contributed by atoms with E-state index in [0.717, 1.165) is 0 Å². The summed E-state index contributed by atoms with van der Waals surface area (Å²) in [4.78, 5) is 23.3. The molecule has 2 rings (SSSR count). The fourth-order valence-corrected chi connectivity index (χ4v) is 2.84. The number of nitrogens with two attached hydrogens (primary N) is 1. The fourth-order valence-electron chi connectivity index (χ4n) is 2.03. The van der Waals surface area contributed by atoms with Crippen LogP contribution < -0.4 is 21.1 Å². The summed E-state index contributed by atoms with van der Waals surface area (Å²) in [6, 6.07) is 9.20. The first-order valence-electron chi connectivity index (χ1n) is 7.45. The summed E-state index contributed by atoms with van der Waals surface area (Å²) in [6.45, 7) is 2.20. The van der Waals surface area contributed by atoms with E-state index in [1.807, 2.05) is 0 Å². The van der Waals surface area contributed by atoms with Gasteiger partial charge in [-0.25, -0.2) is 0 Å². The van der Waals surface area contributed by atoms with Gasteiger partial charge in [0.25, 0.3) is 5.91 Å². The number of benzene rings is 2. The van der Waals surface area contributed by atoms with Gasteiger partial charge in [0.05, 0.1) is 16.7 Å². The molecule has 0 aliphatic carbocycles. The lowest BCUT2D eigenvalue weighted by Crippen LogP contribution is -2.34. The molecule has 0 bridgehead atoms. The highest BCUT2D eigenvalue weighted by Crippen LogP contribution is 2.34. The number of carbonyl (C=O) groups is 2. The number of anilines is 1. The van der Waals surface area contributed by atoms with Crippen molar-refractivity contribution >= 4 is 70.4 Å². The third-order valence-corrected chi connectivity index (χ3v) is 3.97. The minimum atomic E-state index is -0.531. The smallest absolute Gasteiger partial charge is 0.257 e. The molecule has 144 valence electrons. The SMILES string of the molecule is CCOc1c(Cl)cc(C(=O)NC(=S)Nc2ccc(C(N)=O)cc2)cc1Cl.Cl. The normalized spacial score (nSPS) is 9.74. The molecule has 0 aliphatic heterocycles. The van der Waals surface area contributed by atoms with E-state index in [2.05, 4.69) is 10.6 Å². The van der Waals surface area contributed by atoms with E-state index in [1.54, 1.807) is 31.2 Å². The van der Waals surface area contributed by atoms with Crippen LogP contribution >= 0.6 is 47.8 Å². The highest BCUT2D eigenvalue weighted by atomic mass is 35.5. The van der Waals surface area contributed by atoms with Gasteiger partial charge in [-0.3, -0.25) is 14.9 Å². The highest BCUT2D eigenvalue weighted by Gasteiger charge is 2.15. The van der Waals surface area contributed by atoms with Crippen molar-refractivity contribution in [1.29, 1.82) is 0 Å². The van der Waals surface area contributed by atoms with Gasteiger partial charge in [0.2, 0.25) is 5.91 Å². The van der Waals surface area contributed by atoms with Crippen LogP contribution in [-0.4, -0.2) is 23.5 Å². The Balaban J connectivity index is 0.00000364. The molecule has 6 nitrogen and oxygen atoms in total. The molecule has 0 atom stereocenters. The van der Waals surface area contributed by atoms with E-state index < -0.39 is 11.8 Å². The van der Waals surface area contributed by atoms with Crippen LogP contribution in [0.15, 0.2) is 36.4 Å². The van der Waals surface area contributed by atoms with Crippen LogP contribution in [-0.2, 0) is 0 Å². The van der Waals surface area contributed by atoms with Gasteiger partial charge in [-0.05, 0) is 55.5 Å². The van der Waals surface area contributed by atoms with Crippen molar-refractivity contribution < 1.29 is 14.3 Å². The first-order chi connectivity index (χ1) is 12.3. The molecule has 0 fully saturated rings. The van der Waals surface area contributed by atoms with Crippen molar-refractivity contribution in [1.82, 2.24) is 5.32 Å². The predicted molar refractivity (Wildman–Crippen MR) is 114 cm³/mol. The van der Waals surface area contributed by atoms with Crippen LogP contribution in [0, 0.1) is 0 Å². The van der Waals surface area contributed by atoms with E-state index in [1.165, 1.54) is 12.1 Å². The van der Waals surface area contributed by atoms with Crippen molar-refractivity contribution in [2.45, 2.75) is 6.92 Å². The van der Waals surface area contributed by atoms with Crippen LogP contribution in [0.3, 0.4) is 0 Å². The predicted octanol–water partition coefficient (Wildman–Crippen LogP) is 4.04. The molecule has 2 aromatic rings. The maximum absolute atomic E-state index is 12.3. The zero-order chi connectivity index (χ0) is 19.3. The number of hydrogen-bond acceptors (Lipinski definition) is 4. The summed E-state index contributed by atoms with van der Waals surface area (Å²) in [5.74, 6) is -0.692. The molecule has 0 unspecified atom stereocenters. The van der Waals surface area contributed by atoms with E-state index in [4.69, 9.17) is 45.9 Å². The van der Waals surface area contributed by atoms with E-state index >= 15 is 0 Å². The standard InChI is InChI=1S/C17H15Cl2N3O3S.ClH/c1-2-25-14-12(18)7-10(8-13(14)19)16(24)22-17(26)21-11-5-3-9(4-6-11)15(20)23;/h3-8H,2H2,1H3,(H2,20,23)(H2,21,22,24,26);1H. The number of thiocarbonyl (C=S) groups is 1. The molecule has 0 saturated carbocycles. The quantitative estimate of drug-likeness (QED) is 0.600. The van der Waals surface area contributed by atoms with Gasteiger partial charge in [-0.1, -0.05) is 23.2 Å². The molecule has 2 amide bonds. The van der Waals surface area contributed by atoms with Crippen LogP contribution in [0.4, 0.5) is 5.69 Å². The summed E-state index contributed by atoms with van der Waals surface area (Å²) >= 11 is 17.3. The minimum absolute atomic E-state index is 0. The zero-order valence-corrected chi connectivity index (χ0v) is 17.2. The first kappa shape index (κ1) is 23.0. The van der Waals surface area contributed by atoms with Crippen molar-refractivity contribution in [2.24, 2.45) is 5.73 Å². The van der Waals surface area contributed by atoms with Gasteiger partial charge in [0.15, 0.2) is 10.9 Å². The monoisotopic (exact) mass is 447 g/mol. The van der Waals surface area contributed by atoms with Gasteiger partial charge in [-0.15, -0.1) is 12.4 Å². The first-order valence-corrected chi connectivity index (χ1v) is 8.62. The number of primary amides is 1. The molecule has 4 N–H and O–H groups in total. The van der Waals surface area contributed by atoms with E-state index in [9.17, 15) is 9.59 Å². The molecule has 0 spiro atoms. The van der Waals surface area contributed by atoms with Crippen LogP contribution in [0.25, 0.3) is 0 Å². The van der Waals surface area contributed by atoms with Gasteiger partial charge < -0.3 is 15.8 Å². The summed E-state index contributed by atoms with van der Waals surface area (Å²) in [6.07, 6.45) is 0. The van der Waals surface area contributed by atoms with Gasteiger partial charge >= 0.3 is 0 Å². The lowest BCUT2D eigenvalue weighted by molar-refractivity contribution is 0.0975. The molecule has 0 aliphatic rings. The number of rotatable bonds is 5. The summed E-state index contributed by atoms with van der Waals surface area (Å²) in [7, 11) is 0. The van der Waals surface area contributed by atoms with Crippen LogP contribution in [0.5, 0.6) is 5.75 Å². The fraction of sp³-hybridized carbons (Fsp3) is 0.118. The molecular weight excluding hydrogens is 433 g/mol. The summed E-state index contributed by atoms with van der Waals surface area (Å²) < 4.78 is 5.32. The molecule has 27 heavy (non-hydrogen) atoms. The molecular formula is C17H16Cl3N3O3S. The number of hydrogen-bond donors (Lipinski definition) is 3. The Bertz CT molecular complexity index is 837. The van der Waals surface area contributed by atoms with Crippen molar-refractivity contribution in [3.05, 3.63) is 57.6 Å². The topological polar surface area (TPSA) is 93.4 Å². The van der Waals surface area contributed by atoms with Gasteiger partial charge in [0, 0.05) is 16.8 Å². The highest BCUT2D eigenvalue weighted by molar-refractivity contribution is 7.80. The second kappa shape index (κ2) is 10.3. The average Bonchev–Trinajstić information content (AvgIpc) is 2.58. The molecule has 2 aromatic carbocycles. The van der Waals surface area contributed by atoms with Gasteiger partial charge in [-0.2, -0.15) is 0 Å². The Morgan fingerprint density at radius 2 is 1.67 bits per heavy atom. The van der Waals surface area contributed by atoms with Crippen molar-refractivity contribution in [3.8, 4) is 5.75 Å². The van der Waals surface area contributed by atoms with E-state index in [0.29, 0.717) is 23.6 Å². The zero-order valence-electron chi connectivity index (χ0n) is 14.0. The molecule has 0 aromatic heterocycles. The Morgan fingerprint density at radius 1 is 1.11 bits per heavy atom. The maximum Gasteiger partial charge on any atom is 0.257 e. The lowest BCUT2D eigenvalue weighted by Gasteiger charge is -2.12. The molecule has 0 radical (unpaired) electrons. The molecule has 0 heterocycles. The van der Waals surface area contributed by atoms with Crippen LogP contribution in [0.1, 0.15) is 27.6 Å². The minimum Gasteiger partial charge on any atom is -0.491 e. The second-order valence-corrected chi connectivity index (χ2v) is 6.27. The molecule has 10 heteroatoms. The summed E-state index contributed by atoms with van der Waals surface area (Å²) in [5, 5.41) is 5.87. The van der Waals surface area contributed by atoms with Gasteiger partial charge in [0.1, 0.15) is 0 Å². The molecule has 0 saturated heterocycles. The Labute approximate surface area is 177 Å². The Kier molecular flexibility index (Phi) is 8.78. The average molecular weight is 449 g/mol. The lowest BCUT2D eigenvalue weighted by atomic mass is 10.2. The second-order valence-electron chi connectivity index (χ2n) is 5.05. The largest absolute Gasteiger partial charge is 0.491 e. The number of amides is 2. The Morgan fingerprint density at radius 3 is 2.15 bits per heavy atom. The van der Waals surface area contributed by atoms with Crippen molar-refractivity contribution in [2.75, 3.05) is 11.9 Å². The number of nitrogens with one attached hydrogen (secondary N) is 2. The number of ether oxygens (including phenoxy) is 1. The third-order valence-electron chi connectivity index (χ3n) is 3.20.